The zero-order valence-electron chi connectivity index (χ0n) is 14.4. The van der Waals surface area contributed by atoms with Crippen LogP contribution in [0.3, 0.4) is 0 Å². The van der Waals surface area contributed by atoms with Crippen molar-refractivity contribution in [2.75, 3.05) is 23.8 Å². The Kier molecular flexibility index (Phi) is 5.85. The number of nitrogens with zero attached hydrogens (tertiary/aromatic N) is 4. The molecule has 0 amide bonds. The lowest BCUT2D eigenvalue weighted by molar-refractivity contribution is -0.384. The third-order valence-electron chi connectivity index (χ3n) is 3.72. The number of nitro benzene ring substituents is 1. The van der Waals surface area contributed by atoms with Crippen LogP contribution in [0.5, 0.6) is 0 Å². The van der Waals surface area contributed by atoms with E-state index < -0.39 is 4.92 Å². The van der Waals surface area contributed by atoms with Crippen molar-refractivity contribution in [2.45, 2.75) is 6.54 Å². The van der Waals surface area contributed by atoms with Gasteiger partial charge in [0.1, 0.15) is 5.82 Å². The molecular weight excluding hydrogens is 348 g/mol. The van der Waals surface area contributed by atoms with Crippen molar-refractivity contribution >= 4 is 17.5 Å². The quantitative estimate of drug-likeness (QED) is 0.410. The van der Waals surface area contributed by atoms with Crippen LogP contribution in [0.2, 0.25) is 0 Å². The number of nitro groups is 1. The Morgan fingerprint density at radius 2 is 1.78 bits per heavy atom. The smallest absolute Gasteiger partial charge is 0.269 e. The summed E-state index contributed by atoms with van der Waals surface area (Å²) in [4.78, 5) is 23.1. The second-order valence-electron chi connectivity index (χ2n) is 5.63. The SMILES string of the molecule is O=[N+]([O-])c1ccc(CNc2cc(-c3ccncc3)nc(NCCO)n2)cc1. The van der Waals surface area contributed by atoms with Crippen LogP contribution < -0.4 is 10.6 Å². The zero-order valence-corrected chi connectivity index (χ0v) is 14.4. The standard InChI is InChI=1S/C18H18N6O3/c25-10-9-20-18-22-16(14-5-7-19-8-6-14)11-17(23-18)21-12-13-1-3-15(4-2-13)24(26)27/h1-8,11,25H,9-10,12H2,(H2,20,21,22,23). The van der Waals surface area contributed by atoms with Crippen LogP contribution in [-0.2, 0) is 6.54 Å². The number of aliphatic hydroxyl groups is 1. The van der Waals surface area contributed by atoms with E-state index in [1.54, 1.807) is 24.5 Å². The number of benzene rings is 1. The third kappa shape index (κ3) is 4.95. The molecule has 0 aliphatic heterocycles. The van der Waals surface area contributed by atoms with Gasteiger partial charge in [-0.25, -0.2) is 4.98 Å². The highest BCUT2D eigenvalue weighted by molar-refractivity contribution is 5.63. The molecule has 0 radical (unpaired) electrons. The van der Waals surface area contributed by atoms with Gasteiger partial charge in [-0.3, -0.25) is 15.1 Å². The second-order valence-corrected chi connectivity index (χ2v) is 5.63. The Bertz CT molecular complexity index is 903. The summed E-state index contributed by atoms with van der Waals surface area (Å²) in [5.41, 5.74) is 2.53. The van der Waals surface area contributed by atoms with E-state index in [2.05, 4.69) is 25.6 Å². The Morgan fingerprint density at radius 3 is 2.44 bits per heavy atom. The normalized spacial score (nSPS) is 10.4. The summed E-state index contributed by atoms with van der Waals surface area (Å²) >= 11 is 0. The fourth-order valence-electron chi connectivity index (χ4n) is 2.38. The highest BCUT2D eigenvalue weighted by Gasteiger charge is 2.08. The maximum Gasteiger partial charge on any atom is 0.269 e. The Labute approximate surface area is 155 Å². The molecule has 1 aromatic carbocycles. The van der Waals surface area contributed by atoms with Gasteiger partial charge in [0.2, 0.25) is 5.95 Å². The zero-order chi connectivity index (χ0) is 19.1. The largest absolute Gasteiger partial charge is 0.395 e. The van der Waals surface area contributed by atoms with Gasteiger partial charge in [0.05, 0.1) is 17.2 Å². The minimum atomic E-state index is -0.429. The van der Waals surface area contributed by atoms with Crippen molar-refractivity contribution in [3.8, 4) is 11.3 Å². The van der Waals surface area contributed by atoms with Crippen molar-refractivity contribution in [1.82, 2.24) is 15.0 Å². The molecule has 2 heterocycles. The van der Waals surface area contributed by atoms with Crippen LogP contribution in [0.4, 0.5) is 17.5 Å². The number of nitrogens with one attached hydrogen (secondary N) is 2. The average Bonchev–Trinajstić information content (AvgIpc) is 2.71. The minimum absolute atomic E-state index is 0.0333. The van der Waals surface area contributed by atoms with Gasteiger partial charge in [0.25, 0.3) is 5.69 Å². The predicted octanol–water partition coefficient (Wildman–Crippen LogP) is 2.46. The summed E-state index contributed by atoms with van der Waals surface area (Å²) in [5.74, 6) is 0.986. The number of rotatable bonds is 8. The molecule has 0 bridgehead atoms. The Balaban J connectivity index is 1.79. The molecule has 2 aromatic heterocycles. The number of hydrogen-bond acceptors (Lipinski definition) is 8. The van der Waals surface area contributed by atoms with Crippen LogP contribution in [0.15, 0.2) is 54.9 Å². The first-order chi connectivity index (χ1) is 13.2. The van der Waals surface area contributed by atoms with Gasteiger partial charge in [0, 0.05) is 49.2 Å². The maximum absolute atomic E-state index is 10.7. The van der Waals surface area contributed by atoms with E-state index in [0.717, 1.165) is 11.1 Å². The minimum Gasteiger partial charge on any atom is -0.395 e. The lowest BCUT2D eigenvalue weighted by Gasteiger charge is -2.11. The molecule has 0 saturated heterocycles. The molecule has 9 heteroatoms. The van der Waals surface area contributed by atoms with Crippen LogP contribution in [0, 0.1) is 10.1 Å². The third-order valence-corrected chi connectivity index (χ3v) is 3.72. The number of anilines is 2. The number of hydrogen-bond donors (Lipinski definition) is 3. The Morgan fingerprint density at radius 1 is 1.04 bits per heavy atom. The number of pyridine rings is 1. The molecule has 3 rings (SSSR count). The molecule has 0 spiro atoms. The molecule has 0 fully saturated rings. The van der Waals surface area contributed by atoms with Gasteiger partial charge in [0.15, 0.2) is 0 Å². The van der Waals surface area contributed by atoms with Crippen LogP contribution in [0.25, 0.3) is 11.3 Å². The van der Waals surface area contributed by atoms with Crippen molar-refractivity contribution in [2.24, 2.45) is 0 Å². The lowest BCUT2D eigenvalue weighted by Crippen LogP contribution is -2.11. The molecule has 0 aliphatic rings. The summed E-state index contributed by atoms with van der Waals surface area (Å²) in [6.07, 6.45) is 3.37. The molecule has 9 nitrogen and oxygen atoms in total. The number of aromatic nitrogens is 3. The summed E-state index contributed by atoms with van der Waals surface area (Å²) < 4.78 is 0. The summed E-state index contributed by atoms with van der Waals surface area (Å²) in [6, 6.07) is 11.8. The molecule has 3 aromatic rings. The molecule has 0 saturated carbocycles. The highest BCUT2D eigenvalue weighted by atomic mass is 16.6. The van der Waals surface area contributed by atoms with E-state index in [0.29, 0.717) is 30.5 Å². The monoisotopic (exact) mass is 366 g/mol. The predicted molar refractivity (Wildman–Crippen MR) is 101 cm³/mol. The van der Waals surface area contributed by atoms with Gasteiger partial charge in [-0.2, -0.15) is 4.98 Å². The van der Waals surface area contributed by atoms with E-state index in [1.165, 1.54) is 12.1 Å². The summed E-state index contributed by atoms with van der Waals surface area (Å²) in [5, 5.41) is 25.9. The average molecular weight is 366 g/mol. The highest BCUT2D eigenvalue weighted by Crippen LogP contribution is 2.21. The lowest BCUT2D eigenvalue weighted by atomic mass is 10.2. The van der Waals surface area contributed by atoms with Gasteiger partial charge in [-0.15, -0.1) is 0 Å². The fourth-order valence-corrected chi connectivity index (χ4v) is 2.38. The van der Waals surface area contributed by atoms with E-state index in [-0.39, 0.29) is 12.3 Å². The van der Waals surface area contributed by atoms with Gasteiger partial charge >= 0.3 is 0 Å². The summed E-state index contributed by atoms with van der Waals surface area (Å²) in [6.45, 7) is 0.750. The molecule has 3 N–H and O–H groups in total. The van der Waals surface area contributed by atoms with Crippen molar-refractivity contribution in [1.29, 1.82) is 0 Å². The van der Waals surface area contributed by atoms with Gasteiger partial charge in [-0.1, -0.05) is 12.1 Å². The molecule has 0 atom stereocenters. The van der Waals surface area contributed by atoms with E-state index in [1.807, 2.05) is 18.2 Å². The van der Waals surface area contributed by atoms with Gasteiger partial charge in [-0.05, 0) is 17.7 Å². The van der Waals surface area contributed by atoms with E-state index in [4.69, 9.17) is 5.11 Å². The van der Waals surface area contributed by atoms with Crippen molar-refractivity contribution in [3.05, 3.63) is 70.5 Å². The number of non-ortho nitro benzene ring substituents is 1. The maximum atomic E-state index is 10.7. The fraction of sp³-hybridized carbons (Fsp3) is 0.167. The molecule has 0 aliphatic carbocycles. The van der Waals surface area contributed by atoms with Crippen molar-refractivity contribution in [3.63, 3.8) is 0 Å². The van der Waals surface area contributed by atoms with Crippen LogP contribution in [0.1, 0.15) is 5.56 Å². The second kappa shape index (κ2) is 8.68. The topological polar surface area (TPSA) is 126 Å². The summed E-state index contributed by atoms with van der Waals surface area (Å²) in [7, 11) is 0. The first-order valence-corrected chi connectivity index (χ1v) is 8.27. The van der Waals surface area contributed by atoms with E-state index >= 15 is 0 Å². The molecule has 138 valence electrons. The van der Waals surface area contributed by atoms with E-state index in [9.17, 15) is 10.1 Å². The number of aliphatic hydroxyl groups excluding tert-OH is 1. The van der Waals surface area contributed by atoms with Crippen LogP contribution >= 0.6 is 0 Å². The molecule has 27 heavy (non-hydrogen) atoms. The molecule has 0 unspecified atom stereocenters. The van der Waals surface area contributed by atoms with Gasteiger partial charge < -0.3 is 15.7 Å². The Hall–Kier alpha value is -3.59. The first-order valence-electron chi connectivity index (χ1n) is 8.27. The molecular formula is C18H18N6O3. The van der Waals surface area contributed by atoms with Crippen molar-refractivity contribution < 1.29 is 10.0 Å². The van der Waals surface area contributed by atoms with Crippen LogP contribution in [-0.4, -0.2) is 38.1 Å². The first kappa shape index (κ1) is 18.2.